The van der Waals surface area contributed by atoms with Crippen LogP contribution in [0.15, 0.2) is 212 Å². The van der Waals surface area contributed by atoms with Crippen molar-refractivity contribution in [3.63, 3.8) is 0 Å². The van der Waals surface area contributed by atoms with Crippen molar-refractivity contribution in [2.24, 2.45) is 0 Å². The zero-order chi connectivity index (χ0) is 39.0. The van der Waals surface area contributed by atoms with E-state index in [1.54, 1.807) is 0 Å². The maximum atomic E-state index is 2.45. The first kappa shape index (κ1) is 33.5. The quantitative estimate of drug-likeness (QED) is 0.164. The van der Waals surface area contributed by atoms with Gasteiger partial charge in [0.15, 0.2) is 0 Å². The molecular formula is C57H38N2. The van der Waals surface area contributed by atoms with Crippen molar-refractivity contribution in [1.29, 1.82) is 0 Å². The Bertz CT molecular complexity index is 3390. The van der Waals surface area contributed by atoms with Crippen LogP contribution in [0.5, 0.6) is 0 Å². The molecule has 0 saturated heterocycles. The largest absolute Gasteiger partial charge is 0.310 e. The van der Waals surface area contributed by atoms with E-state index in [-0.39, 0.29) is 0 Å². The first-order valence-corrected chi connectivity index (χ1v) is 20.4. The van der Waals surface area contributed by atoms with Crippen molar-refractivity contribution in [2.75, 3.05) is 4.90 Å². The highest BCUT2D eigenvalue weighted by Gasteiger charge is 2.25. The molecule has 1 aromatic heterocycles. The van der Waals surface area contributed by atoms with E-state index >= 15 is 0 Å². The van der Waals surface area contributed by atoms with Crippen molar-refractivity contribution in [2.45, 2.75) is 6.92 Å². The number of aromatic nitrogens is 1. The Morgan fingerprint density at radius 2 is 0.881 bits per heavy atom. The Hall–Kier alpha value is -7.68. The number of aryl methyl sites for hydroxylation is 1. The fraction of sp³-hybridized carbons (Fsp3) is 0.0175. The van der Waals surface area contributed by atoms with E-state index in [1.165, 1.54) is 99.1 Å². The highest BCUT2D eigenvalue weighted by molar-refractivity contribution is 6.13. The molecule has 1 heterocycles. The molecule has 0 aliphatic heterocycles. The van der Waals surface area contributed by atoms with E-state index in [0.717, 1.165) is 17.1 Å². The van der Waals surface area contributed by atoms with Crippen LogP contribution in [0.2, 0.25) is 0 Å². The second kappa shape index (κ2) is 13.2. The fourth-order valence-corrected chi connectivity index (χ4v) is 9.49. The van der Waals surface area contributed by atoms with Crippen LogP contribution in [0.4, 0.5) is 17.1 Å². The number of fused-ring (bicyclic) bond motifs is 9. The molecule has 2 nitrogen and oxygen atoms in total. The zero-order valence-electron chi connectivity index (χ0n) is 32.6. The van der Waals surface area contributed by atoms with E-state index in [9.17, 15) is 0 Å². The summed E-state index contributed by atoms with van der Waals surface area (Å²) in [5.74, 6) is 0. The van der Waals surface area contributed by atoms with Gasteiger partial charge in [0.1, 0.15) is 0 Å². The highest BCUT2D eigenvalue weighted by atomic mass is 15.1. The predicted molar refractivity (Wildman–Crippen MR) is 251 cm³/mol. The molecule has 59 heavy (non-hydrogen) atoms. The molecule has 0 spiro atoms. The van der Waals surface area contributed by atoms with Gasteiger partial charge >= 0.3 is 0 Å². The fourth-order valence-electron chi connectivity index (χ4n) is 9.49. The van der Waals surface area contributed by atoms with Gasteiger partial charge in [-0.25, -0.2) is 0 Å². The molecule has 0 fully saturated rings. The lowest BCUT2D eigenvalue weighted by Gasteiger charge is -2.30. The predicted octanol–water partition coefficient (Wildman–Crippen LogP) is 15.8. The third kappa shape index (κ3) is 5.34. The summed E-state index contributed by atoms with van der Waals surface area (Å²) in [6, 6.07) is 78.0. The molecule has 11 aromatic rings. The smallest absolute Gasteiger partial charge is 0.0541 e. The lowest BCUT2D eigenvalue weighted by atomic mass is 9.78. The Labute approximate surface area is 343 Å². The van der Waals surface area contributed by atoms with Gasteiger partial charge in [0.05, 0.1) is 16.7 Å². The van der Waals surface area contributed by atoms with Gasteiger partial charge in [-0.1, -0.05) is 133 Å². The maximum Gasteiger partial charge on any atom is 0.0541 e. The molecule has 1 aliphatic carbocycles. The minimum atomic E-state index is 1.13. The number of nitrogens with zero attached hydrogens (tertiary/aromatic N) is 2. The average Bonchev–Trinajstić information content (AvgIpc) is 3.63. The standard InChI is InChI=1S/C57H38N2/c1-37-14-8-11-21-54(37)58(57-29-26-40(38-15-4-2-5-16-38)32-49(57)39-17-6-3-7-18-39)45-27-24-41-33-50-51-34-42-25-28-46(31-44(42)36-53(51)52(50)35-43(41)30-45)59-55-22-12-9-19-47(55)48-20-10-13-23-56(48)59/h2-36H,1H3. The number of rotatable bonds is 6. The Kier molecular flexibility index (Phi) is 7.48. The molecule has 0 saturated carbocycles. The first-order valence-electron chi connectivity index (χ1n) is 20.4. The Morgan fingerprint density at radius 3 is 1.54 bits per heavy atom. The van der Waals surface area contributed by atoms with Gasteiger partial charge in [-0.3, -0.25) is 0 Å². The third-order valence-electron chi connectivity index (χ3n) is 12.4. The van der Waals surface area contributed by atoms with Crippen LogP contribution >= 0.6 is 0 Å². The van der Waals surface area contributed by atoms with Crippen LogP contribution in [0.1, 0.15) is 5.56 Å². The molecule has 0 amide bonds. The number of anilines is 3. The third-order valence-corrected chi connectivity index (χ3v) is 12.4. The molecule has 12 rings (SSSR count). The number of hydrogen-bond acceptors (Lipinski definition) is 1. The summed E-state index contributed by atoms with van der Waals surface area (Å²) < 4.78 is 2.41. The topological polar surface area (TPSA) is 8.17 Å². The van der Waals surface area contributed by atoms with E-state index in [0.29, 0.717) is 0 Å². The Morgan fingerprint density at radius 1 is 0.339 bits per heavy atom. The van der Waals surface area contributed by atoms with E-state index < -0.39 is 0 Å². The summed E-state index contributed by atoms with van der Waals surface area (Å²) in [4.78, 5) is 2.45. The summed E-state index contributed by atoms with van der Waals surface area (Å²) in [6.07, 6.45) is 0. The molecule has 0 unspecified atom stereocenters. The van der Waals surface area contributed by atoms with Crippen molar-refractivity contribution < 1.29 is 0 Å². The average molecular weight is 751 g/mol. The van der Waals surface area contributed by atoms with Gasteiger partial charge in [-0.05, 0) is 152 Å². The molecule has 10 aromatic carbocycles. The summed E-state index contributed by atoms with van der Waals surface area (Å²) in [6.45, 7) is 2.21. The molecule has 0 bridgehead atoms. The Balaban J connectivity index is 0.989. The van der Waals surface area contributed by atoms with Crippen LogP contribution in [-0.2, 0) is 0 Å². The van der Waals surface area contributed by atoms with E-state index in [4.69, 9.17) is 0 Å². The second-order valence-electron chi connectivity index (χ2n) is 15.8. The SMILES string of the molecule is Cc1ccccc1N(c1ccc2cc3c(cc2c1)-c1cc2cc(-n4c5ccccc5c5ccccc54)ccc2cc1-3)c1ccc(-c2ccccc2)cc1-c1ccccc1. The van der Waals surface area contributed by atoms with E-state index in [1.807, 2.05) is 0 Å². The molecule has 1 aliphatic rings. The van der Waals surface area contributed by atoms with Gasteiger partial charge in [0.25, 0.3) is 0 Å². The van der Waals surface area contributed by atoms with Gasteiger partial charge in [0.2, 0.25) is 0 Å². The number of hydrogen-bond donors (Lipinski definition) is 0. The van der Waals surface area contributed by atoms with E-state index in [2.05, 4.69) is 229 Å². The molecule has 0 atom stereocenters. The van der Waals surface area contributed by atoms with Gasteiger partial charge in [-0.2, -0.15) is 0 Å². The van der Waals surface area contributed by atoms with Crippen molar-refractivity contribution >= 4 is 60.4 Å². The van der Waals surface area contributed by atoms with Crippen LogP contribution < -0.4 is 4.90 Å². The lowest BCUT2D eigenvalue weighted by molar-refractivity contribution is 1.19. The minimum absolute atomic E-state index is 1.13. The van der Waals surface area contributed by atoms with Crippen LogP contribution in [0.25, 0.3) is 93.5 Å². The highest BCUT2D eigenvalue weighted by Crippen LogP contribution is 2.51. The number of benzene rings is 10. The minimum Gasteiger partial charge on any atom is -0.310 e. The van der Waals surface area contributed by atoms with Crippen molar-refractivity contribution in [1.82, 2.24) is 4.57 Å². The molecular weight excluding hydrogens is 713 g/mol. The molecule has 276 valence electrons. The van der Waals surface area contributed by atoms with Crippen molar-refractivity contribution in [3.05, 3.63) is 218 Å². The molecule has 2 heteroatoms. The maximum absolute atomic E-state index is 2.45. The summed E-state index contributed by atoms with van der Waals surface area (Å²) in [5.41, 5.74) is 18.4. The normalized spacial score (nSPS) is 11.8. The first-order chi connectivity index (χ1) is 29.2. The monoisotopic (exact) mass is 750 g/mol. The van der Waals surface area contributed by atoms with Gasteiger partial charge in [0, 0.05) is 33.4 Å². The van der Waals surface area contributed by atoms with Gasteiger partial charge < -0.3 is 9.47 Å². The zero-order valence-corrected chi connectivity index (χ0v) is 32.6. The summed E-state index contributed by atoms with van der Waals surface area (Å²) >= 11 is 0. The summed E-state index contributed by atoms with van der Waals surface area (Å²) in [5, 5.41) is 7.54. The van der Waals surface area contributed by atoms with Gasteiger partial charge in [-0.15, -0.1) is 0 Å². The second-order valence-corrected chi connectivity index (χ2v) is 15.8. The van der Waals surface area contributed by atoms with Crippen LogP contribution in [-0.4, -0.2) is 4.57 Å². The molecule has 0 N–H and O–H groups in total. The van der Waals surface area contributed by atoms with Crippen LogP contribution in [0, 0.1) is 6.92 Å². The number of para-hydroxylation sites is 3. The van der Waals surface area contributed by atoms with Crippen molar-refractivity contribution in [3.8, 4) is 50.2 Å². The van der Waals surface area contributed by atoms with Crippen LogP contribution in [0.3, 0.4) is 0 Å². The summed E-state index contributed by atoms with van der Waals surface area (Å²) in [7, 11) is 0. The lowest BCUT2D eigenvalue weighted by Crippen LogP contribution is -2.12. The molecule has 0 radical (unpaired) electrons.